The summed E-state index contributed by atoms with van der Waals surface area (Å²) in [5, 5.41) is 3.46. The first-order valence-corrected chi connectivity index (χ1v) is 8.37. The highest BCUT2D eigenvalue weighted by Crippen LogP contribution is 2.30. The molecule has 0 aliphatic rings. The number of unbranched alkanes of at least 4 members (excludes halogenated alkanes) is 3. The first-order valence-electron chi connectivity index (χ1n) is 8.37. The molecule has 0 bridgehead atoms. The number of ether oxygens (including phenoxy) is 1. The summed E-state index contributed by atoms with van der Waals surface area (Å²) in [4.78, 5) is 0. The SMILES string of the molecule is CC(C)NCCCCCCOc1ccccc1C(C)(C)C. The van der Waals surface area contributed by atoms with Crippen LogP contribution < -0.4 is 10.1 Å². The molecule has 2 heteroatoms. The summed E-state index contributed by atoms with van der Waals surface area (Å²) in [6, 6.07) is 9.01. The van der Waals surface area contributed by atoms with Crippen molar-refractivity contribution in [3.63, 3.8) is 0 Å². The van der Waals surface area contributed by atoms with Gasteiger partial charge in [0.05, 0.1) is 6.61 Å². The van der Waals surface area contributed by atoms with Gasteiger partial charge >= 0.3 is 0 Å². The minimum atomic E-state index is 0.138. The predicted molar refractivity (Wildman–Crippen MR) is 92.2 cm³/mol. The lowest BCUT2D eigenvalue weighted by atomic mass is 9.86. The smallest absolute Gasteiger partial charge is 0.123 e. The fraction of sp³-hybridized carbons (Fsp3) is 0.684. The van der Waals surface area contributed by atoms with Crippen LogP contribution in [0.25, 0.3) is 0 Å². The van der Waals surface area contributed by atoms with E-state index < -0.39 is 0 Å². The van der Waals surface area contributed by atoms with Gasteiger partial charge in [-0.05, 0) is 36.4 Å². The van der Waals surface area contributed by atoms with Gasteiger partial charge in [-0.25, -0.2) is 0 Å². The summed E-state index contributed by atoms with van der Waals surface area (Å²) in [5.41, 5.74) is 1.44. The van der Waals surface area contributed by atoms with Gasteiger partial charge in [-0.2, -0.15) is 0 Å². The van der Waals surface area contributed by atoms with Crippen molar-refractivity contribution >= 4 is 0 Å². The van der Waals surface area contributed by atoms with Crippen LogP contribution in [-0.4, -0.2) is 19.2 Å². The van der Waals surface area contributed by atoms with Crippen molar-refractivity contribution in [2.45, 2.75) is 71.8 Å². The Hall–Kier alpha value is -1.02. The normalized spacial score (nSPS) is 11.9. The van der Waals surface area contributed by atoms with Crippen LogP contribution in [0, 0.1) is 0 Å². The number of hydrogen-bond donors (Lipinski definition) is 1. The van der Waals surface area contributed by atoms with Gasteiger partial charge in [0.15, 0.2) is 0 Å². The molecule has 21 heavy (non-hydrogen) atoms. The van der Waals surface area contributed by atoms with Crippen molar-refractivity contribution < 1.29 is 4.74 Å². The Morgan fingerprint density at radius 2 is 1.67 bits per heavy atom. The predicted octanol–water partition coefficient (Wildman–Crippen LogP) is 4.92. The van der Waals surface area contributed by atoms with Crippen LogP contribution in [0.4, 0.5) is 0 Å². The average Bonchev–Trinajstić information content (AvgIpc) is 2.41. The van der Waals surface area contributed by atoms with Gasteiger partial charge in [-0.15, -0.1) is 0 Å². The van der Waals surface area contributed by atoms with E-state index in [1.165, 1.54) is 24.8 Å². The lowest BCUT2D eigenvalue weighted by Crippen LogP contribution is -2.23. The van der Waals surface area contributed by atoms with E-state index in [1.54, 1.807) is 0 Å². The van der Waals surface area contributed by atoms with Crippen molar-refractivity contribution in [2.24, 2.45) is 0 Å². The molecular formula is C19H33NO. The Morgan fingerprint density at radius 3 is 2.33 bits per heavy atom. The molecule has 0 aromatic heterocycles. The van der Waals surface area contributed by atoms with Gasteiger partial charge in [0.25, 0.3) is 0 Å². The summed E-state index contributed by atoms with van der Waals surface area (Å²) >= 11 is 0. The third-order valence-electron chi connectivity index (χ3n) is 3.58. The molecule has 1 aromatic carbocycles. The van der Waals surface area contributed by atoms with Gasteiger partial charge in [-0.1, -0.05) is 65.7 Å². The molecule has 0 aliphatic carbocycles. The first kappa shape index (κ1) is 18.0. The fourth-order valence-electron chi connectivity index (χ4n) is 2.37. The second kappa shape index (κ2) is 9.09. The number of para-hydroxylation sites is 1. The summed E-state index contributed by atoms with van der Waals surface area (Å²) in [6.45, 7) is 13.0. The van der Waals surface area contributed by atoms with Crippen molar-refractivity contribution in [2.75, 3.05) is 13.2 Å². The third kappa shape index (κ3) is 7.52. The summed E-state index contributed by atoms with van der Waals surface area (Å²) in [6.07, 6.45) is 4.93. The molecule has 0 spiro atoms. The number of nitrogens with one attached hydrogen (secondary N) is 1. The van der Waals surface area contributed by atoms with E-state index in [2.05, 4.69) is 64.2 Å². The highest BCUT2D eigenvalue weighted by molar-refractivity contribution is 5.38. The minimum absolute atomic E-state index is 0.138. The van der Waals surface area contributed by atoms with Crippen LogP contribution in [0.1, 0.15) is 65.9 Å². The van der Waals surface area contributed by atoms with Crippen LogP contribution in [0.15, 0.2) is 24.3 Å². The van der Waals surface area contributed by atoms with E-state index in [-0.39, 0.29) is 5.41 Å². The van der Waals surface area contributed by atoms with Crippen LogP contribution in [0.5, 0.6) is 5.75 Å². The quantitative estimate of drug-likeness (QED) is 0.652. The standard InChI is InChI=1S/C19H33NO/c1-16(2)20-14-10-6-7-11-15-21-18-13-9-8-12-17(18)19(3,4)5/h8-9,12-13,16,20H,6-7,10-11,14-15H2,1-5H3. The Labute approximate surface area is 131 Å². The van der Waals surface area contributed by atoms with Crippen LogP contribution in [-0.2, 0) is 5.41 Å². The van der Waals surface area contributed by atoms with E-state index in [9.17, 15) is 0 Å². The molecule has 0 radical (unpaired) electrons. The highest BCUT2D eigenvalue weighted by atomic mass is 16.5. The molecule has 0 fully saturated rings. The summed E-state index contributed by atoms with van der Waals surface area (Å²) in [7, 11) is 0. The molecule has 2 nitrogen and oxygen atoms in total. The van der Waals surface area contributed by atoms with Gasteiger partial charge in [0.1, 0.15) is 5.75 Å². The van der Waals surface area contributed by atoms with E-state index >= 15 is 0 Å². The van der Waals surface area contributed by atoms with Gasteiger partial charge < -0.3 is 10.1 Å². The molecule has 1 rings (SSSR count). The maximum absolute atomic E-state index is 5.99. The zero-order valence-corrected chi connectivity index (χ0v) is 14.5. The second-order valence-corrected chi connectivity index (χ2v) is 7.12. The molecule has 0 atom stereocenters. The molecule has 0 saturated heterocycles. The number of benzene rings is 1. The largest absolute Gasteiger partial charge is 0.493 e. The monoisotopic (exact) mass is 291 g/mol. The lowest BCUT2D eigenvalue weighted by molar-refractivity contribution is 0.296. The Bertz CT molecular complexity index is 393. The number of rotatable bonds is 9. The second-order valence-electron chi connectivity index (χ2n) is 7.12. The molecular weight excluding hydrogens is 258 g/mol. The van der Waals surface area contributed by atoms with E-state index in [0.29, 0.717) is 6.04 Å². The van der Waals surface area contributed by atoms with Crippen molar-refractivity contribution in [1.82, 2.24) is 5.32 Å². The first-order chi connectivity index (χ1) is 9.91. The van der Waals surface area contributed by atoms with Crippen LogP contribution in [0.3, 0.4) is 0 Å². The van der Waals surface area contributed by atoms with Crippen molar-refractivity contribution in [1.29, 1.82) is 0 Å². The molecule has 0 heterocycles. The van der Waals surface area contributed by atoms with E-state index in [1.807, 2.05) is 0 Å². The molecule has 0 unspecified atom stereocenters. The van der Waals surface area contributed by atoms with Crippen LogP contribution >= 0.6 is 0 Å². The maximum Gasteiger partial charge on any atom is 0.123 e. The molecule has 120 valence electrons. The van der Waals surface area contributed by atoms with Crippen LogP contribution in [0.2, 0.25) is 0 Å². The summed E-state index contributed by atoms with van der Waals surface area (Å²) in [5.74, 6) is 1.05. The maximum atomic E-state index is 5.99. The number of hydrogen-bond acceptors (Lipinski definition) is 2. The molecule has 1 N–H and O–H groups in total. The molecule has 0 amide bonds. The Balaban J connectivity index is 2.22. The minimum Gasteiger partial charge on any atom is -0.493 e. The van der Waals surface area contributed by atoms with Gasteiger partial charge in [0.2, 0.25) is 0 Å². The fourth-order valence-corrected chi connectivity index (χ4v) is 2.37. The zero-order chi connectivity index (χ0) is 15.7. The van der Waals surface area contributed by atoms with Gasteiger partial charge in [0, 0.05) is 6.04 Å². The third-order valence-corrected chi connectivity index (χ3v) is 3.58. The van der Waals surface area contributed by atoms with E-state index in [0.717, 1.165) is 25.3 Å². The van der Waals surface area contributed by atoms with Crippen molar-refractivity contribution in [3.05, 3.63) is 29.8 Å². The molecule has 0 aliphatic heterocycles. The van der Waals surface area contributed by atoms with Crippen molar-refractivity contribution in [3.8, 4) is 5.75 Å². The average molecular weight is 291 g/mol. The van der Waals surface area contributed by atoms with Gasteiger partial charge in [-0.3, -0.25) is 0 Å². The zero-order valence-electron chi connectivity index (χ0n) is 14.5. The Morgan fingerprint density at radius 1 is 1.00 bits per heavy atom. The topological polar surface area (TPSA) is 21.3 Å². The summed E-state index contributed by atoms with van der Waals surface area (Å²) < 4.78 is 5.99. The Kier molecular flexibility index (Phi) is 7.81. The molecule has 1 aromatic rings. The van der Waals surface area contributed by atoms with E-state index in [4.69, 9.17) is 4.74 Å². The lowest BCUT2D eigenvalue weighted by Gasteiger charge is -2.22. The molecule has 0 saturated carbocycles. The highest BCUT2D eigenvalue weighted by Gasteiger charge is 2.18.